The topological polar surface area (TPSA) is 117 Å². The van der Waals surface area contributed by atoms with Crippen molar-refractivity contribution >= 4 is 40.2 Å². The molecule has 3 aromatic carbocycles. The molecule has 12 heteroatoms. The SMILES string of the molecule is CC1(C)c2cc(C3CCN(CC4CCC(N5CCC6(CC5)COc5c6ccc6c5CN([C@H]5CCC(=O)NC5=O)C6=O)CC4)CC3)ccc2-n2c1nc(=O)c1c(Cl)cccc12. The van der Waals surface area contributed by atoms with E-state index in [0.717, 1.165) is 86.1 Å². The minimum Gasteiger partial charge on any atom is -0.492 e. The van der Waals surface area contributed by atoms with E-state index in [-0.39, 0.29) is 40.5 Å². The van der Waals surface area contributed by atoms with Gasteiger partial charge in [0, 0.05) is 41.1 Å². The zero-order chi connectivity index (χ0) is 41.1. The van der Waals surface area contributed by atoms with Gasteiger partial charge in [-0.1, -0.05) is 35.9 Å². The lowest BCUT2D eigenvalue weighted by Crippen LogP contribution is -2.52. The van der Waals surface area contributed by atoms with Gasteiger partial charge in [0.25, 0.3) is 11.5 Å². The van der Waals surface area contributed by atoms with Gasteiger partial charge in [-0.25, -0.2) is 0 Å². The second kappa shape index (κ2) is 14.2. The van der Waals surface area contributed by atoms with Crippen LogP contribution in [-0.4, -0.2) is 93.4 Å². The fourth-order valence-corrected chi connectivity index (χ4v) is 12.5. The van der Waals surface area contributed by atoms with Crippen LogP contribution in [0.15, 0.2) is 53.3 Å². The molecule has 1 spiro atoms. The fraction of sp³-hybridized carbons (Fsp3) is 0.521. The van der Waals surface area contributed by atoms with Crippen LogP contribution in [0.25, 0.3) is 16.6 Å². The number of imide groups is 1. The minimum atomic E-state index is -0.620. The highest BCUT2D eigenvalue weighted by Crippen LogP contribution is 2.50. The maximum Gasteiger partial charge on any atom is 0.282 e. The van der Waals surface area contributed by atoms with E-state index in [4.69, 9.17) is 16.3 Å². The molecule has 6 aliphatic heterocycles. The van der Waals surface area contributed by atoms with Gasteiger partial charge in [-0.2, -0.15) is 4.98 Å². The molecule has 0 radical (unpaired) electrons. The van der Waals surface area contributed by atoms with E-state index in [9.17, 15) is 19.2 Å². The molecule has 7 heterocycles. The second-order valence-electron chi connectivity index (χ2n) is 19.3. The van der Waals surface area contributed by atoms with Gasteiger partial charge in [-0.3, -0.25) is 29.1 Å². The number of nitrogens with zero attached hydrogens (tertiary/aromatic N) is 5. The third-order valence-electron chi connectivity index (χ3n) is 15.8. The zero-order valence-corrected chi connectivity index (χ0v) is 35.4. The van der Waals surface area contributed by atoms with Crippen LogP contribution in [0.4, 0.5) is 0 Å². The van der Waals surface area contributed by atoms with E-state index >= 15 is 0 Å². The molecule has 60 heavy (non-hydrogen) atoms. The summed E-state index contributed by atoms with van der Waals surface area (Å²) in [5, 5.41) is 3.33. The molecule has 1 aliphatic carbocycles. The molecule has 0 unspecified atom stereocenters. The number of ether oxygens (including phenoxy) is 1. The molecule has 0 bridgehead atoms. The lowest BCUT2D eigenvalue weighted by atomic mass is 9.73. The van der Waals surface area contributed by atoms with Crippen molar-refractivity contribution in [3.63, 3.8) is 0 Å². The Morgan fingerprint density at radius 2 is 1.67 bits per heavy atom. The molecule has 1 N–H and O–H groups in total. The van der Waals surface area contributed by atoms with Crippen LogP contribution in [0.3, 0.4) is 0 Å². The van der Waals surface area contributed by atoms with Crippen molar-refractivity contribution in [1.82, 2.24) is 29.6 Å². The molecule has 11 rings (SSSR count). The number of fused-ring (bicyclic) bond motifs is 9. The highest BCUT2D eigenvalue weighted by atomic mass is 35.5. The predicted octanol–water partition coefficient (Wildman–Crippen LogP) is 6.60. The summed E-state index contributed by atoms with van der Waals surface area (Å²) in [6.07, 6.45) is 10.2. The summed E-state index contributed by atoms with van der Waals surface area (Å²) in [5.74, 6) is 2.11. The first-order valence-corrected chi connectivity index (χ1v) is 22.6. The van der Waals surface area contributed by atoms with Crippen LogP contribution in [0, 0.1) is 5.92 Å². The Morgan fingerprint density at radius 3 is 2.43 bits per heavy atom. The monoisotopic (exact) mass is 828 g/mol. The van der Waals surface area contributed by atoms with E-state index in [1.54, 1.807) is 11.0 Å². The maximum atomic E-state index is 13.4. The average molecular weight is 829 g/mol. The van der Waals surface area contributed by atoms with E-state index < -0.39 is 6.04 Å². The zero-order valence-electron chi connectivity index (χ0n) is 34.6. The van der Waals surface area contributed by atoms with E-state index in [1.165, 1.54) is 48.9 Å². The Bertz CT molecular complexity index is 2530. The number of benzene rings is 3. The van der Waals surface area contributed by atoms with Gasteiger partial charge < -0.3 is 19.4 Å². The Morgan fingerprint density at radius 1 is 0.883 bits per heavy atom. The number of hydrogen-bond acceptors (Lipinski definition) is 8. The van der Waals surface area contributed by atoms with Crippen molar-refractivity contribution in [3.8, 4) is 11.4 Å². The Kier molecular flexibility index (Phi) is 9.10. The predicted molar refractivity (Wildman–Crippen MR) is 229 cm³/mol. The molecule has 4 fully saturated rings. The summed E-state index contributed by atoms with van der Waals surface area (Å²) in [6.45, 7) is 11.0. The van der Waals surface area contributed by atoms with Crippen molar-refractivity contribution in [2.24, 2.45) is 5.92 Å². The van der Waals surface area contributed by atoms with E-state index in [1.807, 2.05) is 18.2 Å². The number of aromatic nitrogens is 2. The fourth-order valence-electron chi connectivity index (χ4n) is 12.2. The van der Waals surface area contributed by atoms with Gasteiger partial charge in [0.15, 0.2) is 0 Å². The molecular formula is C48H53ClN6O5. The first-order chi connectivity index (χ1) is 29.0. The summed E-state index contributed by atoms with van der Waals surface area (Å²) in [6, 6.07) is 16.7. The van der Waals surface area contributed by atoms with E-state index in [2.05, 4.69) is 62.8 Å². The Hall–Kier alpha value is -4.58. The summed E-state index contributed by atoms with van der Waals surface area (Å²) in [7, 11) is 0. The molecule has 1 saturated carbocycles. The highest BCUT2D eigenvalue weighted by Gasteiger charge is 2.48. The number of hydrogen-bond donors (Lipinski definition) is 1. The quantitative estimate of drug-likeness (QED) is 0.224. The molecule has 1 aromatic heterocycles. The molecule has 312 valence electrons. The molecule has 11 nitrogen and oxygen atoms in total. The summed E-state index contributed by atoms with van der Waals surface area (Å²) in [4.78, 5) is 62.5. The third kappa shape index (κ3) is 6.00. The van der Waals surface area contributed by atoms with Crippen LogP contribution < -0.4 is 15.6 Å². The Balaban J connectivity index is 0.677. The maximum absolute atomic E-state index is 13.4. The number of carbonyl (C=O) groups is 3. The molecular weight excluding hydrogens is 776 g/mol. The number of amides is 3. The highest BCUT2D eigenvalue weighted by molar-refractivity contribution is 6.35. The number of halogens is 1. The standard InChI is InChI=1S/C48H53ClN6O5/c1-47(2)35-24-30(8-13-37(35)55-38-5-3-4-36(49)41(38)44(58)51-46(47)55)29-16-20-52(21-17-29)25-28-6-9-31(10-7-28)53-22-18-48(19-23-53)27-60-42-33-26-54(39-14-15-40(56)50-43(39)57)45(59)32(33)11-12-34(42)48/h3-5,8,11-13,24,28-29,31,39H,6-7,9-10,14-23,25-27H2,1-2H3,(H,50,56,57)/t28?,31?,39-/m0/s1. The van der Waals surface area contributed by atoms with Gasteiger partial charge in [0.2, 0.25) is 11.8 Å². The van der Waals surface area contributed by atoms with Crippen LogP contribution in [0.5, 0.6) is 5.75 Å². The number of likely N-dealkylation sites (tertiary alicyclic amines) is 2. The van der Waals surface area contributed by atoms with Crippen LogP contribution in [0.2, 0.25) is 5.02 Å². The average Bonchev–Trinajstić information content (AvgIpc) is 3.85. The van der Waals surface area contributed by atoms with Crippen molar-refractivity contribution < 1.29 is 19.1 Å². The largest absolute Gasteiger partial charge is 0.492 e. The first-order valence-electron chi connectivity index (χ1n) is 22.3. The first kappa shape index (κ1) is 38.3. The van der Waals surface area contributed by atoms with Crippen LogP contribution >= 0.6 is 11.6 Å². The van der Waals surface area contributed by atoms with Gasteiger partial charge in [-0.05, 0) is 145 Å². The van der Waals surface area contributed by atoms with Crippen LogP contribution in [-0.2, 0) is 27.0 Å². The summed E-state index contributed by atoms with van der Waals surface area (Å²) in [5.41, 5.74) is 6.62. The third-order valence-corrected chi connectivity index (χ3v) is 16.1. The van der Waals surface area contributed by atoms with Crippen molar-refractivity contribution in [1.29, 1.82) is 0 Å². The minimum absolute atomic E-state index is 0.0299. The van der Waals surface area contributed by atoms with Gasteiger partial charge in [0.05, 0.1) is 40.2 Å². The van der Waals surface area contributed by atoms with Crippen LogP contribution in [0.1, 0.15) is 122 Å². The molecule has 1 atom stereocenters. The summed E-state index contributed by atoms with van der Waals surface area (Å²) >= 11 is 6.49. The number of piperidine rings is 3. The van der Waals surface area contributed by atoms with Gasteiger partial charge in [-0.15, -0.1) is 0 Å². The number of rotatable bonds is 5. The molecule has 4 aromatic rings. The smallest absolute Gasteiger partial charge is 0.282 e. The number of nitrogens with one attached hydrogen (secondary N) is 1. The van der Waals surface area contributed by atoms with Gasteiger partial charge >= 0.3 is 0 Å². The van der Waals surface area contributed by atoms with Gasteiger partial charge in [0.1, 0.15) is 17.6 Å². The molecule has 7 aliphatic rings. The van der Waals surface area contributed by atoms with Crippen molar-refractivity contribution in [2.75, 3.05) is 39.3 Å². The van der Waals surface area contributed by atoms with E-state index in [0.29, 0.717) is 47.5 Å². The molecule has 3 amide bonds. The lowest BCUT2D eigenvalue weighted by molar-refractivity contribution is -0.136. The molecule has 3 saturated heterocycles. The Labute approximate surface area is 355 Å². The normalized spacial score (nSPS) is 26.2. The lowest BCUT2D eigenvalue weighted by Gasteiger charge is -2.44. The van der Waals surface area contributed by atoms with Crippen molar-refractivity contribution in [2.45, 2.75) is 113 Å². The second-order valence-corrected chi connectivity index (χ2v) is 19.7. The van der Waals surface area contributed by atoms with Crippen molar-refractivity contribution in [3.05, 3.63) is 97.5 Å². The summed E-state index contributed by atoms with van der Waals surface area (Å²) < 4.78 is 8.59. The number of carbonyl (C=O) groups excluding carboxylic acids is 3.